The Morgan fingerprint density at radius 3 is 1.43 bits per heavy atom. The first-order chi connectivity index (χ1) is 8.91. The Morgan fingerprint density at radius 1 is 1.00 bits per heavy atom. The molecule has 0 fully saturated rings. The van der Waals surface area contributed by atoms with Crippen LogP contribution < -0.4 is 23.4 Å². The van der Waals surface area contributed by atoms with Crippen molar-refractivity contribution in [2.45, 2.75) is 25.8 Å². The van der Waals surface area contributed by atoms with Gasteiger partial charge in [-0.25, -0.2) is 9.59 Å². The van der Waals surface area contributed by atoms with Crippen molar-refractivity contribution in [3.8, 4) is 0 Å². The first-order valence-corrected chi connectivity index (χ1v) is 4.90. The summed E-state index contributed by atoms with van der Waals surface area (Å²) < 4.78 is 0. The maximum absolute atomic E-state index is 9.99. The van der Waals surface area contributed by atoms with Gasteiger partial charge in [0, 0.05) is 13.3 Å². The fourth-order valence-corrected chi connectivity index (χ4v) is 0.402. The van der Waals surface area contributed by atoms with Gasteiger partial charge in [0.25, 0.3) is 0 Å². The Kier molecular flexibility index (Phi) is 19.5. The summed E-state index contributed by atoms with van der Waals surface area (Å²) in [5.74, 6) is -4.40. The molecule has 12 N–H and O–H groups in total. The Labute approximate surface area is 119 Å². The highest BCUT2D eigenvalue weighted by atomic mass is 16.4. The molecule has 124 valence electrons. The van der Waals surface area contributed by atoms with Gasteiger partial charge in [0.2, 0.25) is 5.78 Å². The summed E-state index contributed by atoms with van der Waals surface area (Å²) in [7, 11) is 0. The van der Waals surface area contributed by atoms with E-state index in [4.69, 9.17) is 25.8 Å². The molecule has 2 amide bonds. The second kappa shape index (κ2) is 15.3. The standard InChI is InChI=1S/C5H9NO4.C3H4O3.CH4N2O.H3N/c6-3(5(9)10)1-2-4(7)8;1-2(4)3(5)6;2-1(3)4;/h3H,1-2,6H2,(H,7,8)(H,9,10);1H3,(H,5,6);(H4,2,3,4);1H3/t3-;;;/m0.../s1. The van der Waals surface area contributed by atoms with E-state index in [0.29, 0.717) is 0 Å². The first kappa shape index (κ1) is 26.8. The van der Waals surface area contributed by atoms with Crippen molar-refractivity contribution in [1.82, 2.24) is 6.15 Å². The number of nitrogens with two attached hydrogens (primary N) is 3. The lowest BCUT2D eigenvalue weighted by Gasteiger charge is -2.01. The van der Waals surface area contributed by atoms with E-state index in [-0.39, 0.29) is 19.0 Å². The molecule has 12 nitrogen and oxygen atoms in total. The summed E-state index contributed by atoms with van der Waals surface area (Å²) in [6.45, 7) is 1.00. The van der Waals surface area contributed by atoms with E-state index in [1.807, 2.05) is 0 Å². The zero-order valence-corrected chi connectivity index (χ0v) is 11.3. The number of primary amides is 2. The van der Waals surface area contributed by atoms with Gasteiger partial charge in [-0.3, -0.25) is 14.4 Å². The topological polar surface area (TPSA) is 259 Å². The lowest BCUT2D eigenvalue weighted by Crippen LogP contribution is -2.30. The molecule has 21 heavy (non-hydrogen) atoms. The highest BCUT2D eigenvalue weighted by molar-refractivity contribution is 6.31. The van der Waals surface area contributed by atoms with E-state index < -0.39 is 35.8 Å². The average molecular weight is 312 g/mol. The van der Waals surface area contributed by atoms with E-state index >= 15 is 0 Å². The zero-order valence-electron chi connectivity index (χ0n) is 11.3. The van der Waals surface area contributed by atoms with Crippen LogP contribution in [0.25, 0.3) is 0 Å². The van der Waals surface area contributed by atoms with Crippen molar-refractivity contribution in [1.29, 1.82) is 0 Å². The molecule has 0 aromatic carbocycles. The number of carbonyl (C=O) groups is 5. The summed E-state index contributed by atoms with van der Waals surface area (Å²) in [5, 5.41) is 23.9. The number of ketones is 1. The fraction of sp³-hybridized carbons (Fsp3) is 0.444. The summed E-state index contributed by atoms with van der Waals surface area (Å²) >= 11 is 0. The molecular weight excluding hydrogens is 292 g/mol. The van der Waals surface area contributed by atoms with Crippen LogP contribution in [-0.2, 0) is 19.2 Å². The third-order valence-corrected chi connectivity index (χ3v) is 1.29. The van der Waals surface area contributed by atoms with Crippen molar-refractivity contribution in [2.24, 2.45) is 17.2 Å². The predicted molar refractivity (Wildman–Crippen MR) is 69.6 cm³/mol. The number of aliphatic carboxylic acids is 3. The molecular formula is C9H20N4O8. The van der Waals surface area contributed by atoms with Crippen molar-refractivity contribution in [3.63, 3.8) is 0 Å². The Morgan fingerprint density at radius 2 is 1.29 bits per heavy atom. The smallest absolute Gasteiger partial charge is 0.371 e. The highest BCUT2D eigenvalue weighted by Crippen LogP contribution is 1.93. The van der Waals surface area contributed by atoms with Gasteiger partial charge < -0.3 is 38.7 Å². The normalized spacial score (nSPS) is 9.24. The van der Waals surface area contributed by atoms with Gasteiger partial charge in [0.1, 0.15) is 6.04 Å². The minimum Gasteiger partial charge on any atom is -0.481 e. The minimum absolute atomic E-state index is 0. The van der Waals surface area contributed by atoms with Crippen LogP contribution in [0.2, 0.25) is 0 Å². The van der Waals surface area contributed by atoms with Crippen LogP contribution in [0.15, 0.2) is 0 Å². The number of carboxylic acids is 3. The van der Waals surface area contributed by atoms with Crippen LogP contribution in [0, 0.1) is 0 Å². The van der Waals surface area contributed by atoms with Gasteiger partial charge in [0.15, 0.2) is 0 Å². The highest BCUT2D eigenvalue weighted by Gasteiger charge is 2.12. The summed E-state index contributed by atoms with van der Waals surface area (Å²) in [5.41, 5.74) is 13.5. The number of hydrogen-bond acceptors (Lipinski definition) is 7. The molecule has 0 bridgehead atoms. The van der Waals surface area contributed by atoms with Gasteiger partial charge in [-0.1, -0.05) is 0 Å². The van der Waals surface area contributed by atoms with Crippen molar-refractivity contribution >= 4 is 29.7 Å². The Balaban J connectivity index is -0.000000113. The molecule has 0 aromatic rings. The number of Topliss-reactive ketones (excluding diaryl/α,β-unsaturated/α-hetero) is 1. The van der Waals surface area contributed by atoms with E-state index in [1.54, 1.807) is 0 Å². The van der Waals surface area contributed by atoms with E-state index in [1.165, 1.54) is 0 Å². The number of carboxylic acid groups (broad SMARTS) is 3. The monoisotopic (exact) mass is 312 g/mol. The molecule has 12 heteroatoms. The van der Waals surface area contributed by atoms with Crippen LogP contribution in [0.3, 0.4) is 0 Å². The van der Waals surface area contributed by atoms with Crippen LogP contribution in [0.4, 0.5) is 4.79 Å². The number of urea groups is 1. The molecule has 0 heterocycles. The minimum atomic E-state index is -1.38. The maximum Gasteiger partial charge on any atom is 0.371 e. The van der Waals surface area contributed by atoms with E-state index in [2.05, 4.69) is 11.5 Å². The summed E-state index contributed by atoms with van der Waals surface area (Å²) in [4.78, 5) is 47.8. The van der Waals surface area contributed by atoms with Crippen molar-refractivity contribution in [3.05, 3.63) is 0 Å². The number of hydrogen-bond donors (Lipinski definition) is 7. The molecule has 0 radical (unpaired) electrons. The van der Waals surface area contributed by atoms with Gasteiger partial charge >= 0.3 is 23.9 Å². The molecule has 0 saturated heterocycles. The molecule has 1 atom stereocenters. The fourth-order valence-electron chi connectivity index (χ4n) is 0.402. The van der Waals surface area contributed by atoms with Gasteiger partial charge in [-0.2, -0.15) is 0 Å². The molecule has 0 aliphatic rings. The quantitative estimate of drug-likeness (QED) is 0.277. The van der Waals surface area contributed by atoms with Crippen LogP contribution in [0.1, 0.15) is 19.8 Å². The third-order valence-electron chi connectivity index (χ3n) is 1.29. The van der Waals surface area contributed by atoms with Crippen LogP contribution in [0.5, 0.6) is 0 Å². The second-order valence-corrected chi connectivity index (χ2v) is 3.14. The van der Waals surface area contributed by atoms with Crippen molar-refractivity contribution in [2.75, 3.05) is 0 Å². The van der Waals surface area contributed by atoms with E-state index in [9.17, 15) is 19.2 Å². The predicted octanol–water partition coefficient (Wildman–Crippen LogP) is -1.89. The Hall–Kier alpha value is -2.73. The number of amides is 2. The van der Waals surface area contributed by atoms with Crippen molar-refractivity contribution < 1.29 is 39.3 Å². The molecule has 0 unspecified atom stereocenters. The largest absolute Gasteiger partial charge is 0.481 e. The number of carbonyl (C=O) groups excluding carboxylic acids is 2. The molecule has 0 aliphatic carbocycles. The summed E-state index contributed by atoms with van der Waals surface area (Å²) in [6.07, 6.45) is -0.224. The van der Waals surface area contributed by atoms with Gasteiger partial charge in [0.05, 0.1) is 0 Å². The molecule has 0 saturated carbocycles. The average Bonchev–Trinajstić information content (AvgIpc) is 2.25. The van der Waals surface area contributed by atoms with Gasteiger partial charge in [-0.15, -0.1) is 0 Å². The zero-order chi connectivity index (χ0) is 16.9. The van der Waals surface area contributed by atoms with E-state index in [0.717, 1.165) is 6.92 Å². The number of rotatable bonds is 5. The van der Waals surface area contributed by atoms with Crippen LogP contribution >= 0.6 is 0 Å². The molecule has 0 rings (SSSR count). The lowest BCUT2D eigenvalue weighted by molar-refractivity contribution is -0.148. The van der Waals surface area contributed by atoms with Gasteiger partial charge in [-0.05, 0) is 6.42 Å². The molecule has 0 aliphatic heterocycles. The second-order valence-electron chi connectivity index (χ2n) is 3.14. The summed E-state index contributed by atoms with van der Waals surface area (Å²) in [6, 6.07) is -1.89. The van der Waals surface area contributed by atoms with Crippen LogP contribution in [-0.4, -0.2) is 51.1 Å². The SMILES string of the molecule is CC(=O)C(=O)O.N.NC(N)=O.N[C@@H](CCC(=O)O)C(=O)O. The lowest BCUT2D eigenvalue weighted by atomic mass is 10.2. The molecule has 0 spiro atoms. The molecule has 0 aromatic heterocycles. The third kappa shape index (κ3) is 38.2. The maximum atomic E-state index is 9.99. The first-order valence-electron chi connectivity index (χ1n) is 4.90. The Bertz CT molecular complexity index is 355.